The highest BCUT2D eigenvalue weighted by Crippen LogP contribution is 2.27. The van der Waals surface area contributed by atoms with E-state index < -0.39 is 0 Å². The molecule has 0 spiro atoms. The molecular formula is C13H18ClNO. The van der Waals surface area contributed by atoms with Gasteiger partial charge in [0.1, 0.15) is 11.9 Å². The minimum absolute atomic E-state index is 0.178. The molecule has 1 N–H and O–H groups in total. The van der Waals surface area contributed by atoms with Crippen LogP contribution in [0.25, 0.3) is 0 Å². The lowest BCUT2D eigenvalue weighted by Crippen LogP contribution is -2.30. The van der Waals surface area contributed by atoms with E-state index >= 15 is 0 Å². The highest BCUT2D eigenvalue weighted by atomic mass is 35.5. The fourth-order valence-electron chi connectivity index (χ4n) is 1.63. The van der Waals surface area contributed by atoms with Crippen LogP contribution in [0.5, 0.6) is 5.75 Å². The summed E-state index contributed by atoms with van der Waals surface area (Å²) >= 11 is 5.89. The van der Waals surface area contributed by atoms with Gasteiger partial charge in [0.25, 0.3) is 0 Å². The Balaban J connectivity index is 1.70. The SMILES string of the molecule is CC(CNCC1CC1)Oc1cccc(Cl)c1. The van der Waals surface area contributed by atoms with Gasteiger partial charge < -0.3 is 10.1 Å². The van der Waals surface area contributed by atoms with Crippen molar-refractivity contribution in [3.8, 4) is 5.75 Å². The Hall–Kier alpha value is -0.730. The minimum atomic E-state index is 0.178. The maximum absolute atomic E-state index is 5.89. The third-order valence-electron chi connectivity index (χ3n) is 2.70. The van der Waals surface area contributed by atoms with Crippen molar-refractivity contribution < 1.29 is 4.74 Å². The van der Waals surface area contributed by atoms with Crippen molar-refractivity contribution in [3.63, 3.8) is 0 Å². The standard InChI is InChI=1S/C13H18ClNO/c1-10(8-15-9-11-5-6-11)16-13-4-2-3-12(14)7-13/h2-4,7,10-11,15H,5-6,8-9H2,1H3. The van der Waals surface area contributed by atoms with Gasteiger partial charge in [-0.25, -0.2) is 0 Å². The summed E-state index contributed by atoms with van der Waals surface area (Å²) in [4.78, 5) is 0. The molecule has 0 amide bonds. The van der Waals surface area contributed by atoms with E-state index in [1.807, 2.05) is 24.3 Å². The van der Waals surface area contributed by atoms with E-state index in [1.165, 1.54) is 12.8 Å². The molecule has 1 atom stereocenters. The van der Waals surface area contributed by atoms with Crippen molar-refractivity contribution in [1.82, 2.24) is 5.32 Å². The van der Waals surface area contributed by atoms with Crippen LogP contribution < -0.4 is 10.1 Å². The Morgan fingerprint density at radius 3 is 3.00 bits per heavy atom. The molecule has 2 rings (SSSR count). The fourth-order valence-corrected chi connectivity index (χ4v) is 1.81. The van der Waals surface area contributed by atoms with Crippen molar-refractivity contribution in [3.05, 3.63) is 29.3 Å². The summed E-state index contributed by atoms with van der Waals surface area (Å²) in [5.74, 6) is 1.76. The van der Waals surface area contributed by atoms with Gasteiger partial charge in [0, 0.05) is 11.6 Å². The second-order valence-corrected chi connectivity index (χ2v) is 4.92. The van der Waals surface area contributed by atoms with E-state index in [2.05, 4.69) is 12.2 Å². The summed E-state index contributed by atoms with van der Waals surface area (Å²) in [7, 11) is 0. The molecule has 88 valence electrons. The number of rotatable bonds is 6. The molecule has 1 aromatic carbocycles. The van der Waals surface area contributed by atoms with Gasteiger partial charge in [-0.05, 0) is 50.4 Å². The fraction of sp³-hybridized carbons (Fsp3) is 0.538. The van der Waals surface area contributed by atoms with Crippen LogP contribution in [0, 0.1) is 5.92 Å². The first kappa shape index (κ1) is 11.7. The molecule has 1 aliphatic rings. The molecule has 0 aliphatic heterocycles. The van der Waals surface area contributed by atoms with Crippen LogP contribution in [-0.2, 0) is 0 Å². The lowest BCUT2D eigenvalue weighted by Gasteiger charge is -2.15. The quantitative estimate of drug-likeness (QED) is 0.824. The van der Waals surface area contributed by atoms with E-state index in [0.717, 1.165) is 29.8 Å². The zero-order chi connectivity index (χ0) is 11.4. The van der Waals surface area contributed by atoms with Gasteiger partial charge in [-0.15, -0.1) is 0 Å². The molecule has 1 fully saturated rings. The molecule has 3 heteroatoms. The van der Waals surface area contributed by atoms with Crippen LogP contribution in [0.4, 0.5) is 0 Å². The van der Waals surface area contributed by atoms with Crippen LogP contribution in [-0.4, -0.2) is 19.2 Å². The van der Waals surface area contributed by atoms with Gasteiger partial charge in [-0.1, -0.05) is 17.7 Å². The van der Waals surface area contributed by atoms with Gasteiger partial charge in [-0.3, -0.25) is 0 Å². The summed E-state index contributed by atoms with van der Waals surface area (Å²) in [6.07, 6.45) is 2.95. The van der Waals surface area contributed by atoms with E-state index in [4.69, 9.17) is 16.3 Å². The average molecular weight is 240 g/mol. The lowest BCUT2D eigenvalue weighted by molar-refractivity contribution is 0.217. The first-order valence-electron chi connectivity index (χ1n) is 5.87. The Bertz CT molecular complexity index is 338. The summed E-state index contributed by atoms with van der Waals surface area (Å²) in [5, 5.41) is 4.14. The molecule has 0 bridgehead atoms. The van der Waals surface area contributed by atoms with Crippen molar-refractivity contribution in [2.45, 2.75) is 25.9 Å². The normalized spacial score (nSPS) is 17.1. The van der Waals surface area contributed by atoms with Crippen LogP contribution in [0.1, 0.15) is 19.8 Å². The topological polar surface area (TPSA) is 21.3 Å². The summed E-state index contributed by atoms with van der Waals surface area (Å²) < 4.78 is 5.75. The molecule has 1 aromatic rings. The van der Waals surface area contributed by atoms with E-state index in [-0.39, 0.29) is 6.10 Å². The van der Waals surface area contributed by atoms with Crippen LogP contribution in [0.2, 0.25) is 5.02 Å². The Kier molecular flexibility index (Phi) is 4.08. The van der Waals surface area contributed by atoms with Gasteiger partial charge in [-0.2, -0.15) is 0 Å². The molecule has 1 saturated carbocycles. The lowest BCUT2D eigenvalue weighted by atomic mass is 10.3. The maximum Gasteiger partial charge on any atom is 0.121 e. The molecule has 2 nitrogen and oxygen atoms in total. The smallest absolute Gasteiger partial charge is 0.121 e. The van der Waals surface area contributed by atoms with Crippen molar-refractivity contribution in [2.75, 3.05) is 13.1 Å². The predicted octanol–water partition coefficient (Wildman–Crippen LogP) is 3.11. The van der Waals surface area contributed by atoms with Crippen molar-refractivity contribution >= 4 is 11.6 Å². The Morgan fingerprint density at radius 1 is 1.50 bits per heavy atom. The summed E-state index contributed by atoms with van der Waals surface area (Å²) in [6, 6.07) is 7.54. The third kappa shape index (κ3) is 4.03. The molecule has 0 radical (unpaired) electrons. The molecule has 0 saturated heterocycles. The highest BCUT2D eigenvalue weighted by molar-refractivity contribution is 6.30. The van der Waals surface area contributed by atoms with E-state index in [9.17, 15) is 0 Å². The van der Waals surface area contributed by atoms with Crippen molar-refractivity contribution in [1.29, 1.82) is 0 Å². The van der Waals surface area contributed by atoms with Gasteiger partial charge in [0.15, 0.2) is 0 Å². The monoisotopic (exact) mass is 239 g/mol. The molecule has 1 aliphatic carbocycles. The van der Waals surface area contributed by atoms with Crippen LogP contribution >= 0.6 is 11.6 Å². The van der Waals surface area contributed by atoms with Crippen molar-refractivity contribution in [2.24, 2.45) is 5.92 Å². The predicted molar refractivity (Wildman–Crippen MR) is 67.1 cm³/mol. The molecule has 0 aromatic heterocycles. The number of ether oxygens (including phenoxy) is 1. The second-order valence-electron chi connectivity index (χ2n) is 4.49. The Morgan fingerprint density at radius 2 is 2.31 bits per heavy atom. The third-order valence-corrected chi connectivity index (χ3v) is 2.93. The largest absolute Gasteiger partial charge is 0.489 e. The van der Waals surface area contributed by atoms with Crippen LogP contribution in [0.3, 0.4) is 0 Å². The molecule has 16 heavy (non-hydrogen) atoms. The van der Waals surface area contributed by atoms with E-state index in [0.29, 0.717) is 0 Å². The first-order chi connectivity index (χ1) is 7.74. The van der Waals surface area contributed by atoms with Crippen LogP contribution in [0.15, 0.2) is 24.3 Å². The number of hydrogen-bond donors (Lipinski definition) is 1. The first-order valence-corrected chi connectivity index (χ1v) is 6.25. The highest BCUT2D eigenvalue weighted by Gasteiger charge is 2.20. The molecular weight excluding hydrogens is 222 g/mol. The number of hydrogen-bond acceptors (Lipinski definition) is 2. The molecule has 1 unspecified atom stereocenters. The van der Waals surface area contributed by atoms with Gasteiger partial charge in [0.2, 0.25) is 0 Å². The number of halogens is 1. The zero-order valence-electron chi connectivity index (χ0n) is 9.58. The minimum Gasteiger partial charge on any atom is -0.489 e. The maximum atomic E-state index is 5.89. The second kappa shape index (κ2) is 5.55. The summed E-state index contributed by atoms with van der Waals surface area (Å²) in [5.41, 5.74) is 0. The van der Waals surface area contributed by atoms with Gasteiger partial charge in [0.05, 0.1) is 0 Å². The Labute approximate surface area is 102 Å². The van der Waals surface area contributed by atoms with Gasteiger partial charge >= 0.3 is 0 Å². The number of nitrogens with one attached hydrogen (secondary N) is 1. The zero-order valence-corrected chi connectivity index (χ0v) is 10.3. The van der Waals surface area contributed by atoms with E-state index in [1.54, 1.807) is 0 Å². The molecule has 0 heterocycles. The average Bonchev–Trinajstić information content (AvgIpc) is 3.01. The summed E-state index contributed by atoms with van der Waals surface area (Å²) in [6.45, 7) is 4.09. The number of benzene rings is 1.